The molecule has 6 heterocycles. The van der Waals surface area contributed by atoms with Crippen LogP contribution in [0.4, 0.5) is 0 Å². The molecule has 40 heavy (non-hydrogen) atoms. The fourth-order valence-corrected chi connectivity index (χ4v) is 7.67. The number of rotatable bonds is 7. The van der Waals surface area contributed by atoms with Crippen molar-refractivity contribution in [2.75, 3.05) is 6.61 Å². The van der Waals surface area contributed by atoms with Gasteiger partial charge in [-0.05, 0) is 81.5 Å². The third-order valence-electron chi connectivity index (χ3n) is 9.68. The molecule has 2 bridgehead atoms. The molecule has 8 rings (SSSR count). The topological polar surface area (TPSA) is 89.8 Å². The molecule has 2 aromatic heterocycles. The van der Waals surface area contributed by atoms with Crippen LogP contribution in [0.1, 0.15) is 65.0 Å². The lowest BCUT2D eigenvalue weighted by Gasteiger charge is -2.60. The number of pyridine rings is 1. The van der Waals surface area contributed by atoms with Gasteiger partial charge in [-0.2, -0.15) is 0 Å². The molecular weight excluding hydrogens is 532 g/mol. The van der Waals surface area contributed by atoms with Crippen molar-refractivity contribution in [3.8, 4) is 5.69 Å². The van der Waals surface area contributed by atoms with Crippen LogP contribution in [0, 0.1) is 23.7 Å². The molecule has 1 aliphatic carbocycles. The van der Waals surface area contributed by atoms with Crippen LogP contribution in [-0.4, -0.2) is 50.6 Å². The zero-order valence-corrected chi connectivity index (χ0v) is 24.0. The van der Waals surface area contributed by atoms with E-state index in [2.05, 4.69) is 29.1 Å². The largest absolute Gasteiger partial charge is 0.352 e. The number of benzene rings is 1. The number of aromatic nitrogens is 4. The maximum absolute atomic E-state index is 6.53. The molecule has 4 saturated heterocycles. The highest BCUT2D eigenvalue weighted by Gasteiger charge is 2.69. The quantitative estimate of drug-likeness (QED) is 0.253. The number of unbranched alkanes of at least 4 members (excludes halogenated alkanes) is 1. The van der Waals surface area contributed by atoms with E-state index in [-0.39, 0.29) is 18.1 Å². The first-order chi connectivity index (χ1) is 19.4. The molecule has 5 fully saturated rings. The molecule has 0 unspecified atom stereocenters. The fraction of sp³-hybridized carbons (Fsp3) is 0.633. The van der Waals surface area contributed by atoms with Crippen LogP contribution in [-0.2, 0) is 30.4 Å². The van der Waals surface area contributed by atoms with Crippen molar-refractivity contribution in [1.29, 1.82) is 0 Å². The van der Waals surface area contributed by atoms with Gasteiger partial charge in [0.05, 0.1) is 23.1 Å². The minimum absolute atomic E-state index is 0.186. The summed E-state index contributed by atoms with van der Waals surface area (Å²) < 4.78 is 21.1. The second-order valence-electron chi connectivity index (χ2n) is 12.2. The summed E-state index contributed by atoms with van der Waals surface area (Å²) in [6.45, 7) is 7.12. The van der Waals surface area contributed by atoms with Crippen molar-refractivity contribution < 1.29 is 24.0 Å². The van der Waals surface area contributed by atoms with Gasteiger partial charge in [-0.25, -0.2) is 14.5 Å². The first-order valence-corrected chi connectivity index (χ1v) is 15.0. The van der Waals surface area contributed by atoms with E-state index in [1.165, 1.54) is 6.42 Å². The molecule has 3 aromatic rings. The molecule has 1 spiro atoms. The second kappa shape index (κ2) is 10.3. The third-order valence-corrected chi connectivity index (χ3v) is 9.91. The monoisotopic (exact) mass is 568 g/mol. The van der Waals surface area contributed by atoms with Crippen LogP contribution in [0.3, 0.4) is 0 Å². The summed E-state index contributed by atoms with van der Waals surface area (Å²) >= 11 is 6.14. The lowest BCUT2D eigenvalue weighted by Crippen LogP contribution is -2.70. The van der Waals surface area contributed by atoms with Gasteiger partial charge in [0.1, 0.15) is 0 Å². The van der Waals surface area contributed by atoms with Gasteiger partial charge in [0, 0.05) is 41.5 Å². The number of hydrogen-bond acceptors (Lipinski definition) is 8. The molecule has 4 aliphatic heterocycles. The highest BCUT2D eigenvalue weighted by atomic mass is 35.5. The van der Waals surface area contributed by atoms with Gasteiger partial charge in [-0.3, -0.25) is 4.98 Å². The highest BCUT2D eigenvalue weighted by molar-refractivity contribution is 6.31. The minimum Gasteiger partial charge on any atom is -0.352 e. The molecule has 214 valence electrons. The Balaban J connectivity index is 0.962. The van der Waals surface area contributed by atoms with Gasteiger partial charge in [0.15, 0.2) is 18.2 Å². The molecule has 8 atom stereocenters. The van der Waals surface area contributed by atoms with Crippen LogP contribution in [0.25, 0.3) is 16.6 Å². The molecular formula is C30H37ClN4O5. The SMILES string of the molecule is C[C@H]1[C@@H](OCCCCc2cn(-c3ccnc4cc(Cl)ccc34)nn2)O[C@@H]2O[C@@]3(C)CC[C@H]4[C@H](C)CC[C@@H]1[C@@]24OO3. The Morgan fingerprint density at radius 3 is 2.90 bits per heavy atom. The summed E-state index contributed by atoms with van der Waals surface area (Å²) in [6.07, 6.45) is 9.71. The number of nitrogens with zero attached hydrogens (tertiary/aromatic N) is 4. The van der Waals surface area contributed by atoms with Crippen LogP contribution in [0.15, 0.2) is 36.7 Å². The van der Waals surface area contributed by atoms with Gasteiger partial charge in [0.25, 0.3) is 0 Å². The van der Waals surface area contributed by atoms with E-state index in [0.29, 0.717) is 23.5 Å². The van der Waals surface area contributed by atoms with Gasteiger partial charge in [0.2, 0.25) is 5.79 Å². The number of halogens is 1. The van der Waals surface area contributed by atoms with Crippen LogP contribution in [0.5, 0.6) is 0 Å². The molecule has 9 nitrogen and oxygen atoms in total. The van der Waals surface area contributed by atoms with E-state index < -0.39 is 17.7 Å². The zero-order valence-electron chi connectivity index (χ0n) is 23.3. The van der Waals surface area contributed by atoms with Gasteiger partial charge >= 0.3 is 0 Å². The molecule has 0 radical (unpaired) electrons. The Kier molecular flexibility index (Phi) is 6.88. The van der Waals surface area contributed by atoms with Crippen molar-refractivity contribution in [1.82, 2.24) is 20.0 Å². The molecule has 0 N–H and O–H groups in total. The van der Waals surface area contributed by atoms with Crippen LogP contribution >= 0.6 is 11.6 Å². The summed E-state index contributed by atoms with van der Waals surface area (Å²) in [7, 11) is 0. The Morgan fingerprint density at radius 2 is 2.00 bits per heavy atom. The second-order valence-corrected chi connectivity index (χ2v) is 12.7. The van der Waals surface area contributed by atoms with Crippen molar-refractivity contribution in [3.63, 3.8) is 0 Å². The maximum Gasteiger partial charge on any atom is 0.201 e. The van der Waals surface area contributed by atoms with E-state index in [1.807, 2.05) is 42.1 Å². The summed E-state index contributed by atoms with van der Waals surface area (Å²) in [5, 5.41) is 10.4. The molecule has 1 saturated carbocycles. The van der Waals surface area contributed by atoms with E-state index >= 15 is 0 Å². The first kappa shape index (κ1) is 26.7. The predicted molar refractivity (Wildman–Crippen MR) is 147 cm³/mol. The minimum atomic E-state index is -0.768. The Bertz CT molecular complexity index is 1390. The fourth-order valence-electron chi connectivity index (χ4n) is 7.51. The molecule has 10 heteroatoms. The number of aryl methyl sites for hydroxylation is 1. The summed E-state index contributed by atoms with van der Waals surface area (Å²) in [5.74, 6) is 0.602. The summed E-state index contributed by atoms with van der Waals surface area (Å²) in [4.78, 5) is 16.6. The third kappa shape index (κ3) is 4.46. The van der Waals surface area contributed by atoms with E-state index in [9.17, 15) is 0 Å². The lowest BCUT2D eigenvalue weighted by molar-refractivity contribution is -0.577. The van der Waals surface area contributed by atoms with Crippen molar-refractivity contribution in [2.45, 2.75) is 89.7 Å². The summed E-state index contributed by atoms with van der Waals surface area (Å²) in [5.41, 5.74) is 2.16. The highest BCUT2D eigenvalue weighted by Crippen LogP contribution is 2.60. The van der Waals surface area contributed by atoms with Crippen LogP contribution < -0.4 is 0 Å². The van der Waals surface area contributed by atoms with Crippen molar-refractivity contribution >= 4 is 22.5 Å². The average molecular weight is 569 g/mol. The standard InChI is InChI=1S/C30H37ClN4O5/c1-18-7-10-24-19(2)27(37-28-30(24)23(18)11-13-29(3,38-28)39-40-30)36-15-5-4-6-21-17-35(34-33-21)26-12-14-32-25-16-20(31)8-9-22(25)26/h8-9,12,14,16-19,23-24,27-28H,4-7,10-11,13,15H2,1-3H3/t18-,19-,23+,24+,27+,28-,29-,30-/m1/s1. The van der Waals surface area contributed by atoms with E-state index in [0.717, 1.165) is 60.8 Å². The van der Waals surface area contributed by atoms with Gasteiger partial charge in [-0.15, -0.1) is 5.10 Å². The predicted octanol–water partition coefficient (Wildman–Crippen LogP) is 6.02. The van der Waals surface area contributed by atoms with Gasteiger partial charge < -0.3 is 14.2 Å². The Morgan fingerprint density at radius 1 is 1.10 bits per heavy atom. The molecule has 5 aliphatic rings. The summed E-state index contributed by atoms with van der Waals surface area (Å²) in [6, 6.07) is 7.63. The van der Waals surface area contributed by atoms with Crippen molar-refractivity contribution in [2.24, 2.45) is 23.7 Å². The van der Waals surface area contributed by atoms with Gasteiger partial charge in [-0.1, -0.05) is 30.7 Å². The number of ether oxygens (including phenoxy) is 3. The average Bonchev–Trinajstić information content (AvgIpc) is 3.30. The number of hydrogen-bond donors (Lipinski definition) is 0. The van der Waals surface area contributed by atoms with Crippen LogP contribution in [0.2, 0.25) is 5.02 Å². The lowest BCUT2D eigenvalue weighted by atomic mass is 9.58. The molecule has 0 amide bonds. The van der Waals surface area contributed by atoms with E-state index in [4.69, 9.17) is 35.6 Å². The Labute approximate surface area is 239 Å². The smallest absolute Gasteiger partial charge is 0.201 e. The van der Waals surface area contributed by atoms with E-state index in [1.54, 1.807) is 6.20 Å². The normalized spacial score (nSPS) is 36.9. The number of fused-ring (bicyclic) bond motifs is 3. The van der Waals surface area contributed by atoms with Crippen molar-refractivity contribution in [3.05, 3.63) is 47.4 Å². The maximum atomic E-state index is 6.53. The Hall–Kier alpha value is -2.14. The zero-order chi connectivity index (χ0) is 27.5. The molecule has 1 aromatic carbocycles. The first-order valence-electron chi connectivity index (χ1n) is 14.6.